The van der Waals surface area contributed by atoms with E-state index < -0.39 is 5.91 Å². The molecule has 0 heterocycles. The molecule has 0 atom stereocenters. The van der Waals surface area contributed by atoms with Gasteiger partial charge in [0.2, 0.25) is 0 Å². The largest absolute Gasteiger partial charge is 0.506 e. The van der Waals surface area contributed by atoms with Crippen LogP contribution in [-0.2, 0) is 0 Å². The van der Waals surface area contributed by atoms with E-state index in [2.05, 4.69) is 10.6 Å². The summed E-state index contributed by atoms with van der Waals surface area (Å²) in [4.78, 5) is 25.4. The number of halogens is 1. The Kier molecular flexibility index (Phi) is 6.59. The van der Waals surface area contributed by atoms with E-state index in [-0.39, 0.29) is 33.8 Å². The summed E-state index contributed by atoms with van der Waals surface area (Å²) >= 11 is 5.89. The lowest BCUT2D eigenvalue weighted by Crippen LogP contribution is -2.31. The van der Waals surface area contributed by atoms with Crippen LogP contribution in [-0.4, -0.2) is 23.0 Å². The van der Waals surface area contributed by atoms with Gasteiger partial charge in [-0.25, -0.2) is 0 Å². The van der Waals surface area contributed by atoms with Gasteiger partial charge in [0.1, 0.15) is 17.2 Å². The van der Waals surface area contributed by atoms with E-state index in [0.29, 0.717) is 17.2 Å². The molecular formula is C23H21ClN2O4. The zero-order valence-electron chi connectivity index (χ0n) is 16.5. The first-order chi connectivity index (χ1) is 14.3. The van der Waals surface area contributed by atoms with Gasteiger partial charge >= 0.3 is 0 Å². The van der Waals surface area contributed by atoms with Gasteiger partial charge in [-0.15, -0.1) is 0 Å². The molecule has 3 rings (SSSR count). The smallest absolute Gasteiger partial charge is 0.255 e. The van der Waals surface area contributed by atoms with Gasteiger partial charge in [0.05, 0.1) is 16.3 Å². The number of amides is 2. The molecule has 3 aromatic carbocycles. The summed E-state index contributed by atoms with van der Waals surface area (Å²) in [6, 6.07) is 18.1. The summed E-state index contributed by atoms with van der Waals surface area (Å²) in [7, 11) is 0. The number of carbonyl (C=O) groups excluding carboxylic acids is 2. The van der Waals surface area contributed by atoms with Crippen molar-refractivity contribution in [3.8, 4) is 17.2 Å². The van der Waals surface area contributed by atoms with E-state index in [1.165, 1.54) is 18.2 Å². The van der Waals surface area contributed by atoms with E-state index in [4.69, 9.17) is 16.3 Å². The van der Waals surface area contributed by atoms with Crippen molar-refractivity contribution in [2.24, 2.45) is 0 Å². The van der Waals surface area contributed by atoms with Crippen LogP contribution in [0.1, 0.15) is 34.6 Å². The molecule has 0 unspecified atom stereocenters. The highest BCUT2D eigenvalue weighted by Crippen LogP contribution is 2.28. The van der Waals surface area contributed by atoms with Crippen molar-refractivity contribution in [2.45, 2.75) is 19.9 Å². The molecule has 30 heavy (non-hydrogen) atoms. The number of benzene rings is 3. The predicted octanol–water partition coefficient (Wildman–Crippen LogP) is 5.23. The monoisotopic (exact) mass is 424 g/mol. The number of carbonyl (C=O) groups is 2. The van der Waals surface area contributed by atoms with Crippen LogP contribution in [0.15, 0.2) is 66.7 Å². The van der Waals surface area contributed by atoms with E-state index in [1.807, 2.05) is 32.0 Å². The number of phenolic OH excluding ortho intramolecular Hbond substituents is 1. The molecule has 7 heteroatoms. The van der Waals surface area contributed by atoms with Crippen LogP contribution < -0.4 is 15.4 Å². The summed E-state index contributed by atoms with van der Waals surface area (Å²) in [6.07, 6.45) is 0. The summed E-state index contributed by atoms with van der Waals surface area (Å²) in [5.74, 6) is 0.159. The molecule has 3 N–H and O–H groups in total. The first-order valence-corrected chi connectivity index (χ1v) is 9.69. The molecule has 0 saturated heterocycles. The van der Waals surface area contributed by atoms with Crippen molar-refractivity contribution in [3.05, 3.63) is 82.9 Å². The lowest BCUT2D eigenvalue weighted by molar-refractivity contribution is 0.0943. The number of hydrogen-bond donors (Lipinski definition) is 3. The molecule has 0 bridgehead atoms. The average Bonchev–Trinajstić information content (AvgIpc) is 2.71. The Morgan fingerprint density at radius 2 is 1.67 bits per heavy atom. The van der Waals surface area contributed by atoms with Crippen LogP contribution in [0.4, 0.5) is 5.69 Å². The Morgan fingerprint density at radius 1 is 0.933 bits per heavy atom. The molecule has 0 aliphatic rings. The number of nitrogens with one attached hydrogen (secondary N) is 2. The van der Waals surface area contributed by atoms with Crippen molar-refractivity contribution < 1.29 is 19.4 Å². The minimum Gasteiger partial charge on any atom is -0.506 e. The number of rotatable bonds is 6. The van der Waals surface area contributed by atoms with Crippen LogP contribution >= 0.6 is 11.6 Å². The fourth-order valence-corrected chi connectivity index (χ4v) is 2.87. The fraction of sp³-hybridized carbons (Fsp3) is 0.130. The van der Waals surface area contributed by atoms with E-state index in [9.17, 15) is 14.7 Å². The SMILES string of the molecule is CC(C)NC(=O)c1cc(Oc2ccccc2)ccc1NC(=O)c1ccc(O)c(Cl)c1. The summed E-state index contributed by atoms with van der Waals surface area (Å²) < 4.78 is 5.81. The molecule has 2 amide bonds. The number of anilines is 1. The van der Waals surface area contributed by atoms with E-state index in [1.54, 1.807) is 30.3 Å². The van der Waals surface area contributed by atoms with Crippen LogP contribution in [0, 0.1) is 0 Å². The van der Waals surface area contributed by atoms with Gasteiger partial charge in [0, 0.05) is 11.6 Å². The van der Waals surface area contributed by atoms with Gasteiger partial charge in [-0.3, -0.25) is 9.59 Å². The van der Waals surface area contributed by atoms with Crippen molar-refractivity contribution in [1.82, 2.24) is 5.32 Å². The molecule has 3 aromatic rings. The predicted molar refractivity (Wildman–Crippen MR) is 117 cm³/mol. The highest BCUT2D eigenvalue weighted by atomic mass is 35.5. The number of hydrogen-bond acceptors (Lipinski definition) is 4. The Morgan fingerprint density at radius 3 is 2.33 bits per heavy atom. The van der Waals surface area contributed by atoms with Crippen molar-refractivity contribution in [3.63, 3.8) is 0 Å². The van der Waals surface area contributed by atoms with Crippen molar-refractivity contribution in [2.75, 3.05) is 5.32 Å². The zero-order valence-corrected chi connectivity index (χ0v) is 17.2. The van der Waals surface area contributed by atoms with Crippen LogP contribution in [0.3, 0.4) is 0 Å². The maximum absolute atomic E-state index is 12.7. The Balaban J connectivity index is 1.90. The Bertz CT molecular complexity index is 1070. The lowest BCUT2D eigenvalue weighted by atomic mass is 10.1. The molecule has 0 aliphatic carbocycles. The maximum Gasteiger partial charge on any atom is 0.255 e. The quantitative estimate of drug-likeness (QED) is 0.505. The van der Waals surface area contributed by atoms with E-state index in [0.717, 1.165) is 0 Å². The molecule has 0 aromatic heterocycles. The van der Waals surface area contributed by atoms with Crippen LogP contribution in [0.2, 0.25) is 5.02 Å². The summed E-state index contributed by atoms with van der Waals surface area (Å²) in [5.41, 5.74) is 0.829. The lowest BCUT2D eigenvalue weighted by Gasteiger charge is -2.15. The number of para-hydroxylation sites is 1. The molecular weight excluding hydrogens is 404 g/mol. The first-order valence-electron chi connectivity index (χ1n) is 9.31. The second kappa shape index (κ2) is 9.33. The third-order valence-corrected chi connectivity index (χ3v) is 4.40. The second-order valence-electron chi connectivity index (χ2n) is 6.87. The number of phenols is 1. The van der Waals surface area contributed by atoms with Gasteiger partial charge < -0.3 is 20.5 Å². The fourth-order valence-electron chi connectivity index (χ4n) is 2.69. The normalized spacial score (nSPS) is 10.5. The third kappa shape index (κ3) is 5.30. The number of aromatic hydroxyl groups is 1. The molecule has 0 fully saturated rings. The molecule has 0 aliphatic heterocycles. The van der Waals surface area contributed by atoms with Crippen molar-refractivity contribution >= 4 is 29.1 Å². The first kappa shape index (κ1) is 21.2. The second-order valence-corrected chi connectivity index (χ2v) is 7.28. The minimum absolute atomic E-state index is 0.0621. The topological polar surface area (TPSA) is 87.7 Å². The Hall–Kier alpha value is -3.51. The summed E-state index contributed by atoms with van der Waals surface area (Å²) in [5, 5.41) is 15.1. The van der Waals surface area contributed by atoms with Gasteiger partial charge in [-0.05, 0) is 62.4 Å². The Labute approximate surface area is 179 Å². The van der Waals surface area contributed by atoms with E-state index >= 15 is 0 Å². The highest BCUT2D eigenvalue weighted by molar-refractivity contribution is 6.32. The molecule has 0 saturated carbocycles. The molecule has 154 valence electrons. The summed E-state index contributed by atoms with van der Waals surface area (Å²) in [6.45, 7) is 3.69. The van der Waals surface area contributed by atoms with Gasteiger partial charge in [0.25, 0.3) is 11.8 Å². The standard InChI is InChI=1S/C23H21ClN2O4/c1-14(2)25-23(29)18-13-17(30-16-6-4-3-5-7-16)9-10-20(18)26-22(28)15-8-11-21(27)19(24)12-15/h3-14,27H,1-2H3,(H,25,29)(H,26,28). The van der Waals surface area contributed by atoms with Gasteiger partial charge in [-0.2, -0.15) is 0 Å². The van der Waals surface area contributed by atoms with Gasteiger partial charge in [0.15, 0.2) is 0 Å². The average molecular weight is 425 g/mol. The van der Waals surface area contributed by atoms with Gasteiger partial charge in [-0.1, -0.05) is 29.8 Å². The maximum atomic E-state index is 12.7. The third-order valence-electron chi connectivity index (χ3n) is 4.09. The van der Waals surface area contributed by atoms with Crippen LogP contribution in [0.25, 0.3) is 0 Å². The zero-order chi connectivity index (χ0) is 21.7. The highest BCUT2D eigenvalue weighted by Gasteiger charge is 2.17. The van der Waals surface area contributed by atoms with Crippen LogP contribution in [0.5, 0.6) is 17.2 Å². The molecule has 0 spiro atoms. The molecule has 6 nitrogen and oxygen atoms in total. The van der Waals surface area contributed by atoms with Crippen molar-refractivity contribution in [1.29, 1.82) is 0 Å². The minimum atomic E-state index is -0.466. The molecule has 0 radical (unpaired) electrons. The number of ether oxygens (including phenoxy) is 1.